The summed E-state index contributed by atoms with van der Waals surface area (Å²) in [6, 6.07) is 13.7. The minimum absolute atomic E-state index is 0.0920. The van der Waals surface area contributed by atoms with E-state index < -0.39 is 5.97 Å². The highest BCUT2D eigenvalue weighted by Crippen LogP contribution is 2.29. The molecule has 140 valence electrons. The van der Waals surface area contributed by atoms with Crippen LogP contribution in [-0.2, 0) is 20.9 Å². The molecule has 0 bridgehead atoms. The molecule has 3 rings (SSSR count). The number of ether oxygens (including phenoxy) is 1. The van der Waals surface area contributed by atoms with Crippen LogP contribution in [-0.4, -0.2) is 41.2 Å². The summed E-state index contributed by atoms with van der Waals surface area (Å²) >= 11 is 2.80. The monoisotopic (exact) mass is 404 g/mol. The number of hydrogen-bond acceptors (Lipinski definition) is 6. The van der Waals surface area contributed by atoms with Crippen LogP contribution < -0.4 is 0 Å². The van der Waals surface area contributed by atoms with Gasteiger partial charge in [-0.05, 0) is 29.8 Å². The fourth-order valence-electron chi connectivity index (χ4n) is 2.28. The molecule has 0 unspecified atom stereocenters. The summed E-state index contributed by atoms with van der Waals surface area (Å²) in [7, 11) is 1.61. The number of amides is 1. The van der Waals surface area contributed by atoms with Crippen molar-refractivity contribution in [3.63, 3.8) is 0 Å². The van der Waals surface area contributed by atoms with E-state index in [1.54, 1.807) is 19.2 Å². The highest BCUT2D eigenvalue weighted by molar-refractivity contribution is 8.01. The average Bonchev–Trinajstić information content (AvgIpc) is 3.09. The molecule has 0 N–H and O–H groups in total. The third-order valence-corrected chi connectivity index (χ3v) is 5.86. The van der Waals surface area contributed by atoms with Crippen LogP contribution >= 0.6 is 23.1 Å². The Labute approximate surface area is 164 Å². The number of hydrogen-bond donors (Lipinski definition) is 0. The van der Waals surface area contributed by atoms with Gasteiger partial charge in [0.25, 0.3) is 5.91 Å². The van der Waals surface area contributed by atoms with Crippen LogP contribution in [0.1, 0.15) is 5.56 Å². The van der Waals surface area contributed by atoms with Crippen molar-refractivity contribution >= 4 is 45.2 Å². The molecule has 3 aromatic rings. The fraction of sp³-hybridized carbons (Fsp3) is 0.211. The van der Waals surface area contributed by atoms with Gasteiger partial charge in [0.05, 0.1) is 16.0 Å². The molecule has 1 amide bonds. The first-order valence-electron chi connectivity index (χ1n) is 8.13. The van der Waals surface area contributed by atoms with Crippen molar-refractivity contribution < 1.29 is 18.7 Å². The Morgan fingerprint density at radius 2 is 1.93 bits per heavy atom. The number of thioether (sulfide) groups is 1. The van der Waals surface area contributed by atoms with Crippen molar-refractivity contribution in [3.8, 4) is 0 Å². The molecule has 1 heterocycles. The zero-order chi connectivity index (χ0) is 19.2. The quantitative estimate of drug-likeness (QED) is 0.444. The number of nitrogens with zero attached hydrogens (tertiary/aromatic N) is 2. The van der Waals surface area contributed by atoms with E-state index in [1.807, 2.05) is 24.3 Å². The van der Waals surface area contributed by atoms with Crippen LogP contribution in [0.5, 0.6) is 0 Å². The standard InChI is InChI=1S/C19H17FN2O3S2/c1-22(10-13-6-8-14(20)9-7-13)17(23)11-25-18(24)12-26-19-21-15-4-2-3-5-16(15)27-19/h2-9H,10-12H2,1H3. The molecule has 0 fully saturated rings. The number of fused-ring (bicyclic) bond motifs is 1. The molecule has 0 saturated carbocycles. The molecule has 0 radical (unpaired) electrons. The summed E-state index contributed by atoms with van der Waals surface area (Å²) in [6.45, 7) is -0.00590. The van der Waals surface area contributed by atoms with Gasteiger partial charge in [-0.2, -0.15) is 0 Å². The van der Waals surface area contributed by atoms with Gasteiger partial charge in [-0.3, -0.25) is 9.59 Å². The van der Waals surface area contributed by atoms with Gasteiger partial charge < -0.3 is 9.64 Å². The predicted octanol–water partition coefficient (Wildman–Crippen LogP) is 3.73. The lowest BCUT2D eigenvalue weighted by molar-refractivity contribution is -0.149. The summed E-state index contributed by atoms with van der Waals surface area (Å²) < 4.78 is 19.8. The van der Waals surface area contributed by atoms with E-state index in [4.69, 9.17) is 4.74 Å². The van der Waals surface area contributed by atoms with Crippen molar-refractivity contribution in [2.24, 2.45) is 0 Å². The maximum Gasteiger partial charge on any atom is 0.316 e. The minimum Gasteiger partial charge on any atom is -0.455 e. The molecule has 1 aromatic heterocycles. The number of esters is 1. The van der Waals surface area contributed by atoms with E-state index in [1.165, 1.54) is 40.1 Å². The number of halogens is 1. The second-order valence-electron chi connectivity index (χ2n) is 5.77. The minimum atomic E-state index is -0.470. The zero-order valence-corrected chi connectivity index (χ0v) is 16.2. The van der Waals surface area contributed by atoms with Crippen LogP contribution in [0.4, 0.5) is 4.39 Å². The van der Waals surface area contributed by atoms with Crippen molar-refractivity contribution in [1.29, 1.82) is 0 Å². The smallest absolute Gasteiger partial charge is 0.316 e. The molecule has 5 nitrogen and oxygen atoms in total. The Kier molecular flexibility index (Phi) is 6.41. The van der Waals surface area contributed by atoms with Gasteiger partial charge in [-0.1, -0.05) is 36.0 Å². The third kappa shape index (κ3) is 5.51. The number of para-hydroxylation sites is 1. The Morgan fingerprint density at radius 1 is 1.19 bits per heavy atom. The van der Waals surface area contributed by atoms with Gasteiger partial charge in [0.2, 0.25) is 0 Å². The van der Waals surface area contributed by atoms with E-state index in [0.29, 0.717) is 6.54 Å². The van der Waals surface area contributed by atoms with E-state index in [-0.39, 0.29) is 24.1 Å². The molecule has 0 aliphatic rings. The van der Waals surface area contributed by atoms with Crippen molar-refractivity contribution in [1.82, 2.24) is 9.88 Å². The first-order chi connectivity index (χ1) is 13.0. The second-order valence-corrected chi connectivity index (χ2v) is 8.03. The van der Waals surface area contributed by atoms with E-state index in [2.05, 4.69) is 4.98 Å². The van der Waals surface area contributed by atoms with Crippen molar-refractivity contribution in [3.05, 3.63) is 59.9 Å². The Morgan fingerprint density at radius 3 is 2.67 bits per heavy atom. The Balaban J connectivity index is 1.42. The number of rotatable bonds is 7. The second kappa shape index (κ2) is 8.96. The molecule has 0 aliphatic carbocycles. The topological polar surface area (TPSA) is 59.5 Å². The lowest BCUT2D eigenvalue weighted by Gasteiger charge is -2.17. The molecule has 0 spiro atoms. The number of thiazole rings is 1. The summed E-state index contributed by atoms with van der Waals surface area (Å²) in [6.07, 6.45) is 0. The molecule has 0 saturated heterocycles. The first kappa shape index (κ1) is 19.3. The summed E-state index contributed by atoms with van der Waals surface area (Å²) in [5, 5.41) is 0. The van der Waals surface area contributed by atoms with Crippen LogP contribution in [0.2, 0.25) is 0 Å². The van der Waals surface area contributed by atoms with E-state index in [9.17, 15) is 14.0 Å². The molecular weight excluding hydrogens is 387 g/mol. The summed E-state index contributed by atoms with van der Waals surface area (Å²) in [5.41, 5.74) is 1.70. The number of likely N-dealkylation sites (N-methyl/N-ethyl adjacent to an activating group) is 1. The van der Waals surface area contributed by atoms with Gasteiger partial charge in [-0.25, -0.2) is 9.37 Å². The Hall–Kier alpha value is -2.45. The average molecular weight is 404 g/mol. The Bertz CT molecular complexity index is 911. The highest BCUT2D eigenvalue weighted by atomic mass is 32.2. The van der Waals surface area contributed by atoms with Crippen LogP contribution in [0, 0.1) is 5.82 Å². The van der Waals surface area contributed by atoms with Crippen LogP contribution in [0.3, 0.4) is 0 Å². The first-order valence-corrected chi connectivity index (χ1v) is 9.94. The van der Waals surface area contributed by atoms with E-state index >= 15 is 0 Å². The largest absolute Gasteiger partial charge is 0.455 e. The lowest BCUT2D eigenvalue weighted by Crippen LogP contribution is -2.31. The van der Waals surface area contributed by atoms with Crippen molar-refractivity contribution in [2.45, 2.75) is 10.9 Å². The maximum atomic E-state index is 12.9. The molecule has 27 heavy (non-hydrogen) atoms. The van der Waals surface area contributed by atoms with Crippen LogP contribution in [0.25, 0.3) is 10.2 Å². The number of benzene rings is 2. The normalized spacial score (nSPS) is 10.7. The van der Waals surface area contributed by atoms with Crippen molar-refractivity contribution in [2.75, 3.05) is 19.4 Å². The third-order valence-electron chi connectivity index (χ3n) is 3.70. The number of aromatic nitrogens is 1. The predicted molar refractivity (Wildman–Crippen MR) is 104 cm³/mol. The summed E-state index contributed by atoms with van der Waals surface area (Å²) in [5.74, 6) is -1.03. The van der Waals surface area contributed by atoms with Gasteiger partial charge in [0.1, 0.15) is 5.82 Å². The SMILES string of the molecule is CN(Cc1ccc(F)cc1)C(=O)COC(=O)CSc1nc2ccccc2s1. The van der Waals surface area contributed by atoms with Gasteiger partial charge >= 0.3 is 5.97 Å². The van der Waals surface area contributed by atoms with Gasteiger partial charge in [0, 0.05) is 13.6 Å². The fourth-order valence-corrected chi connectivity index (χ4v) is 4.15. The zero-order valence-electron chi connectivity index (χ0n) is 14.6. The van der Waals surface area contributed by atoms with Gasteiger partial charge in [0.15, 0.2) is 10.9 Å². The highest BCUT2D eigenvalue weighted by Gasteiger charge is 2.14. The summed E-state index contributed by atoms with van der Waals surface area (Å²) in [4.78, 5) is 29.8. The van der Waals surface area contributed by atoms with Gasteiger partial charge in [-0.15, -0.1) is 11.3 Å². The van der Waals surface area contributed by atoms with Crippen LogP contribution in [0.15, 0.2) is 52.9 Å². The molecular formula is C19H17FN2O3S2. The molecule has 8 heteroatoms. The maximum absolute atomic E-state index is 12.9. The number of carbonyl (C=O) groups is 2. The lowest BCUT2D eigenvalue weighted by atomic mass is 10.2. The number of carbonyl (C=O) groups excluding carboxylic acids is 2. The molecule has 0 atom stereocenters. The molecule has 2 aromatic carbocycles. The molecule has 0 aliphatic heterocycles. The van der Waals surface area contributed by atoms with E-state index in [0.717, 1.165) is 20.1 Å².